The van der Waals surface area contributed by atoms with E-state index in [4.69, 9.17) is 13.7 Å². The van der Waals surface area contributed by atoms with Crippen molar-refractivity contribution in [2.24, 2.45) is 5.41 Å². The van der Waals surface area contributed by atoms with Gasteiger partial charge in [-0.2, -0.15) is 4.98 Å². The van der Waals surface area contributed by atoms with Crippen molar-refractivity contribution in [1.29, 1.82) is 0 Å². The standard InChI is InChI=1S/C17H22N4O4/c1-11-14(24-10-18-11)16(22)21-7-12(17(9-21)5-3-4-6-17)15-19-13(8-23-2)20-25-15/h10,12H,3-9H2,1-2H3. The Kier molecular flexibility index (Phi) is 4.07. The Hall–Kier alpha value is -2.22. The summed E-state index contributed by atoms with van der Waals surface area (Å²) in [6.45, 7) is 3.36. The number of amides is 1. The Morgan fingerprint density at radius 1 is 1.44 bits per heavy atom. The SMILES string of the molecule is COCc1noc(C2CN(C(=O)c3ocnc3C)CC23CCCC3)n1. The van der Waals surface area contributed by atoms with E-state index in [2.05, 4.69) is 15.1 Å². The third kappa shape index (κ3) is 2.74. The van der Waals surface area contributed by atoms with Gasteiger partial charge in [0.25, 0.3) is 5.91 Å². The Balaban J connectivity index is 1.61. The fourth-order valence-electron chi connectivity index (χ4n) is 4.30. The lowest BCUT2D eigenvalue weighted by atomic mass is 9.76. The van der Waals surface area contributed by atoms with E-state index >= 15 is 0 Å². The third-order valence-electron chi connectivity index (χ3n) is 5.53. The number of likely N-dealkylation sites (tertiary alicyclic amines) is 1. The molecule has 25 heavy (non-hydrogen) atoms. The van der Waals surface area contributed by atoms with Crippen molar-refractivity contribution in [2.45, 2.75) is 45.1 Å². The van der Waals surface area contributed by atoms with E-state index in [0.29, 0.717) is 42.9 Å². The van der Waals surface area contributed by atoms with Crippen molar-refractivity contribution in [1.82, 2.24) is 20.0 Å². The molecule has 1 unspecified atom stereocenters. The van der Waals surface area contributed by atoms with E-state index in [1.54, 1.807) is 14.0 Å². The van der Waals surface area contributed by atoms with Crippen LogP contribution in [0.1, 0.15) is 59.6 Å². The molecule has 1 amide bonds. The van der Waals surface area contributed by atoms with Gasteiger partial charge in [0.1, 0.15) is 6.61 Å². The first-order valence-corrected chi connectivity index (χ1v) is 8.64. The number of carbonyl (C=O) groups is 1. The maximum atomic E-state index is 12.9. The predicted molar refractivity (Wildman–Crippen MR) is 85.8 cm³/mol. The number of aryl methyl sites for hydroxylation is 1. The van der Waals surface area contributed by atoms with E-state index in [1.165, 1.54) is 19.2 Å². The maximum Gasteiger partial charge on any atom is 0.291 e. The molecule has 2 fully saturated rings. The summed E-state index contributed by atoms with van der Waals surface area (Å²) in [5.74, 6) is 1.42. The van der Waals surface area contributed by atoms with Crippen LogP contribution in [-0.4, -0.2) is 46.1 Å². The van der Waals surface area contributed by atoms with Gasteiger partial charge in [-0.1, -0.05) is 18.0 Å². The predicted octanol–water partition coefficient (Wildman–Crippen LogP) is 2.31. The second-order valence-electron chi connectivity index (χ2n) is 7.06. The van der Waals surface area contributed by atoms with Crippen LogP contribution >= 0.6 is 0 Å². The molecule has 1 atom stereocenters. The molecule has 2 aromatic rings. The van der Waals surface area contributed by atoms with Gasteiger partial charge in [-0.25, -0.2) is 4.98 Å². The van der Waals surface area contributed by atoms with Crippen LogP contribution in [0.3, 0.4) is 0 Å². The summed E-state index contributed by atoms with van der Waals surface area (Å²) >= 11 is 0. The number of methoxy groups -OCH3 is 1. The molecule has 0 bridgehead atoms. The number of hydrogen-bond acceptors (Lipinski definition) is 7. The molecule has 0 radical (unpaired) electrons. The first kappa shape index (κ1) is 16.3. The van der Waals surface area contributed by atoms with Crippen LogP contribution in [0, 0.1) is 12.3 Å². The van der Waals surface area contributed by atoms with Crippen molar-refractivity contribution in [3.8, 4) is 0 Å². The molecule has 1 saturated carbocycles. The number of nitrogens with zero attached hydrogens (tertiary/aromatic N) is 4. The normalized spacial score (nSPS) is 22.2. The van der Waals surface area contributed by atoms with Gasteiger partial charge in [-0.3, -0.25) is 4.79 Å². The minimum Gasteiger partial charge on any atom is -0.438 e. The van der Waals surface area contributed by atoms with Crippen LogP contribution in [-0.2, 0) is 11.3 Å². The van der Waals surface area contributed by atoms with Gasteiger partial charge in [-0.15, -0.1) is 0 Å². The highest BCUT2D eigenvalue weighted by atomic mass is 16.5. The van der Waals surface area contributed by atoms with Crippen molar-refractivity contribution in [3.63, 3.8) is 0 Å². The lowest BCUT2D eigenvalue weighted by Crippen LogP contribution is -2.31. The molecule has 8 nitrogen and oxygen atoms in total. The molecular formula is C17H22N4O4. The molecule has 3 heterocycles. The smallest absolute Gasteiger partial charge is 0.291 e. The number of rotatable bonds is 4. The molecule has 0 aromatic carbocycles. The Bertz CT molecular complexity index is 762. The molecule has 1 aliphatic carbocycles. The van der Waals surface area contributed by atoms with E-state index in [9.17, 15) is 4.79 Å². The summed E-state index contributed by atoms with van der Waals surface area (Å²) in [6, 6.07) is 0. The number of ether oxygens (including phenoxy) is 1. The fraction of sp³-hybridized carbons (Fsp3) is 0.647. The largest absolute Gasteiger partial charge is 0.438 e. The summed E-state index contributed by atoms with van der Waals surface area (Å²) in [4.78, 5) is 23.2. The molecule has 4 rings (SSSR count). The van der Waals surface area contributed by atoms with E-state index in [0.717, 1.165) is 12.8 Å². The lowest BCUT2D eigenvalue weighted by molar-refractivity contribution is 0.0740. The topological polar surface area (TPSA) is 94.5 Å². The zero-order valence-electron chi connectivity index (χ0n) is 14.5. The van der Waals surface area contributed by atoms with Crippen molar-refractivity contribution < 1.29 is 18.5 Å². The zero-order chi connectivity index (χ0) is 17.4. The highest BCUT2D eigenvalue weighted by Gasteiger charge is 2.52. The molecule has 8 heteroatoms. The van der Waals surface area contributed by atoms with Crippen LogP contribution in [0.15, 0.2) is 15.3 Å². The van der Waals surface area contributed by atoms with Crippen LogP contribution in [0.2, 0.25) is 0 Å². The second kappa shape index (κ2) is 6.25. The number of carbonyl (C=O) groups excluding carboxylic acids is 1. The molecule has 134 valence electrons. The zero-order valence-corrected chi connectivity index (χ0v) is 14.5. The minimum absolute atomic E-state index is 0.0143. The quantitative estimate of drug-likeness (QED) is 0.838. The second-order valence-corrected chi connectivity index (χ2v) is 7.06. The minimum atomic E-state index is -0.111. The van der Waals surface area contributed by atoms with Crippen LogP contribution < -0.4 is 0 Å². The van der Waals surface area contributed by atoms with Crippen molar-refractivity contribution in [2.75, 3.05) is 20.2 Å². The van der Waals surface area contributed by atoms with E-state index in [1.807, 2.05) is 4.90 Å². The van der Waals surface area contributed by atoms with Gasteiger partial charge in [-0.05, 0) is 19.8 Å². The van der Waals surface area contributed by atoms with Crippen LogP contribution in [0.25, 0.3) is 0 Å². The highest BCUT2D eigenvalue weighted by molar-refractivity contribution is 5.92. The first-order valence-electron chi connectivity index (χ1n) is 8.64. The van der Waals surface area contributed by atoms with Crippen LogP contribution in [0.4, 0.5) is 0 Å². The van der Waals surface area contributed by atoms with E-state index < -0.39 is 0 Å². The molecule has 1 saturated heterocycles. The van der Waals surface area contributed by atoms with E-state index in [-0.39, 0.29) is 17.2 Å². The maximum absolute atomic E-state index is 12.9. The van der Waals surface area contributed by atoms with Crippen LogP contribution in [0.5, 0.6) is 0 Å². The van der Waals surface area contributed by atoms with Gasteiger partial charge < -0.3 is 18.6 Å². The summed E-state index contributed by atoms with van der Waals surface area (Å²) in [5, 5.41) is 4.00. The molecule has 1 spiro atoms. The molecular weight excluding hydrogens is 324 g/mol. The Morgan fingerprint density at radius 2 is 2.24 bits per heavy atom. The molecule has 2 aromatic heterocycles. The fourth-order valence-corrected chi connectivity index (χ4v) is 4.30. The first-order chi connectivity index (χ1) is 12.1. The average Bonchev–Trinajstić information content (AvgIpc) is 3.37. The summed E-state index contributed by atoms with van der Waals surface area (Å²) in [7, 11) is 1.60. The molecule has 1 aliphatic heterocycles. The number of hydrogen-bond donors (Lipinski definition) is 0. The molecule has 0 N–H and O–H groups in total. The van der Waals surface area contributed by atoms with Gasteiger partial charge in [0.2, 0.25) is 11.7 Å². The lowest BCUT2D eigenvalue weighted by Gasteiger charge is -2.27. The Labute approximate surface area is 145 Å². The van der Waals surface area contributed by atoms with Gasteiger partial charge in [0, 0.05) is 25.6 Å². The van der Waals surface area contributed by atoms with Crippen molar-refractivity contribution >= 4 is 5.91 Å². The highest BCUT2D eigenvalue weighted by Crippen LogP contribution is 2.53. The third-order valence-corrected chi connectivity index (χ3v) is 5.53. The van der Waals surface area contributed by atoms with Crippen molar-refractivity contribution in [3.05, 3.63) is 29.6 Å². The number of oxazole rings is 1. The Morgan fingerprint density at radius 3 is 2.92 bits per heavy atom. The van der Waals surface area contributed by atoms with Gasteiger partial charge in [0.05, 0.1) is 11.6 Å². The summed E-state index contributed by atoms with van der Waals surface area (Å²) in [5.41, 5.74) is 0.634. The molecule has 2 aliphatic rings. The summed E-state index contributed by atoms with van der Waals surface area (Å²) in [6.07, 6.45) is 5.78. The average molecular weight is 346 g/mol. The van der Waals surface area contributed by atoms with Gasteiger partial charge in [0.15, 0.2) is 12.2 Å². The number of aromatic nitrogens is 3. The summed E-state index contributed by atoms with van der Waals surface area (Å²) < 4.78 is 15.9. The monoisotopic (exact) mass is 346 g/mol. The van der Waals surface area contributed by atoms with Gasteiger partial charge >= 0.3 is 0 Å².